The average molecular weight is 544 g/mol. The van der Waals surface area contributed by atoms with E-state index in [1.54, 1.807) is 26.0 Å². The number of nitro groups is 1. The van der Waals surface area contributed by atoms with Crippen LogP contribution in [0.5, 0.6) is 5.75 Å². The van der Waals surface area contributed by atoms with Crippen LogP contribution in [0.25, 0.3) is 6.08 Å². The van der Waals surface area contributed by atoms with E-state index in [4.69, 9.17) is 4.74 Å². The van der Waals surface area contributed by atoms with Crippen molar-refractivity contribution < 1.29 is 19.6 Å². The first-order chi connectivity index (χ1) is 16.2. The number of hydrogen-bond donors (Lipinski definition) is 1. The predicted octanol–water partition coefficient (Wildman–Crippen LogP) is 3.17. The minimum absolute atomic E-state index is 0.126. The first-order valence-corrected chi connectivity index (χ1v) is 11.7. The van der Waals surface area contributed by atoms with E-state index in [1.807, 2.05) is 12.1 Å². The van der Waals surface area contributed by atoms with Crippen LogP contribution in [0.3, 0.4) is 0 Å². The molecule has 0 saturated carbocycles. The Balaban J connectivity index is 1.96. The summed E-state index contributed by atoms with van der Waals surface area (Å²) in [7, 11) is 0. The number of nitrogens with zero attached hydrogens (tertiary/aromatic N) is 3. The fourth-order valence-corrected chi connectivity index (χ4v) is 4.97. The molecule has 0 spiro atoms. The summed E-state index contributed by atoms with van der Waals surface area (Å²) in [6.45, 7) is 3.55. The Morgan fingerprint density at radius 2 is 2.03 bits per heavy atom. The van der Waals surface area contributed by atoms with Crippen LogP contribution < -0.4 is 14.9 Å². The van der Waals surface area contributed by atoms with E-state index < -0.39 is 22.5 Å². The van der Waals surface area contributed by atoms with Gasteiger partial charge in [-0.1, -0.05) is 39.4 Å². The van der Waals surface area contributed by atoms with E-state index in [-0.39, 0.29) is 33.7 Å². The standard InChI is InChI=1S/C23H18BrN3O6S/c1-3-33-22(30)19-12(2)25-23-26(20(19)13-4-6-15(24)7-5-13)21(29)18(34-23)11-14-10-16(27(31)32)8-9-17(14)28/h4-11,20,28H,3H2,1-2H3. The van der Waals surface area contributed by atoms with Crippen molar-refractivity contribution in [2.75, 3.05) is 6.61 Å². The van der Waals surface area contributed by atoms with E-state index in [1.165, 1.54) is 28.8 Å². The van der Waals surface area contributed by atoms with Gasteiger partial charge in [-0.3, -0.25) is 19.5 Å². The van der Waals surface area contributed by atoms with Crippen LogP contribution in [0.15, 0.2) is 68.0 Å². The maximum Gasteiger partial charge on any atom is 0.338 e. The molecule has 0 saturated heterocycles. The van der Waals surface area contributed by atoms with E-state index in [0.29, 0.717) is 16.1 Å². The molecule has 0 radical (unpaired) electrons. The lowest BCUT2D eigenvalue weighted by molar-refractivity contribution is -0.384. The largest absolute Gasteiger partial charge is 0.507 e. The van der Waals surface area contributed by atoms with Gasteiger partial charge in [0.05, 0.1) is 33.4 Å². The number of rotatable bonds is 5. The molecule has 2 heterocycles. The van der Waals surface area contributed by atoms with Gasteiger partial charge in [-0.25, -0.2) is 9.79 Å². The second-order valence-electron chi connectivity index (χ2n) is 7.35. The molecule has 1 aliphatic rings. The molecule has 1 aromatic heterocycles. The number of esters is 1. The second-order valence-corrected chi connectivity index (χ2v) is 9.28. The van der Waals surface area contributed by atoms with Crippen LogP contribution in [0, 0.1) is 10.1 Å². The van der Waals surface area contributed by atoms with Crippen LogP contribution in [0.2, 0.25) is 0 Å². The number of hydrogen-bond acceptors (Lipinski definition) is 8. The zero-order valence-corrected chi connectivity index (χ0v) is 20.4. The van der Waals surface area contributed by atoms with Gasteiger partial charge in [-0.2, -0.15) is 0 Å². The first-order valence-electron chi connectivity index (χ1n) is 10.1. The number of non-ortho nitro benzene ring substituents is 1. The average Bonchev–Trinajstić information content (AvgIpc) is 3.09. The maximum atomic E-state index is 13.5. The van der Waals surface area contributed by atoms with E-state index in [2.05, 4.69) is 20.9 Å². The van der Waals surface area contributed by atoms with Gasteiger partial charge in [0.2, 0.25) is 0 Å². The zero-order chi connectivity index (χ0) is 24.6. The quantitative estimate of drug-likeness (QED) is 0.299. The summed E-state index contributed by atoms with van der Waals surface area (Å²) in [5, 5.41) is 21.3. The van der Waals surface area contributed by atoms with Crippen molar-refractivity contribution >= 4 is 45.0 Å². The van der Waals surface area contributed by atoms with Crippen molar-refractivity contribution in [1.29, 1.82) is 0 Å². The third-order valence-corrected chi connectivity index (χ3v) is 6.72. The fraction of sp³-hybridized carbons (Fsp3) is 0.174. The smallest absolute Gasteiger partial charge is 0.338 e. The van der Waals surface area contributed by atoms with Crippen LogP contribution in [-0.4, -0.2) is 27.2 Å². The SMILES string of the molecule is CCOC(=O)C1=C(C)N=c2sc(=Cc3cc([N+](=O)[O-])ccc3O)c(=O)n2C1c1ccc(Br)cc1. The number of phenolic OH excluding ortho intramolecular Hbond substituents is 1. The van der Waals surface area contributed by atoms with Gasteiger partial charge in [0.1, 0.15) is 5.75 Å². The second kappa shape index (κ2) is 9.35. The minimum atomic E-state index is -0.774. The highest BCUT2D eigenvalue weighted by atomic mass is 79.9. The van der Waals surface area contributed by atoms with E-state index in [9.17, 15) is 24.8 Å². The highest BCUT2D eigenvalue weighted by Crippen LogP contribution is 2.31. The van der Waals surface area contributed by atoms with Crippen LogP contribution in [0.4, 0.5) is 5.69 Å². The number of nitro benzene ring substituents is 1. The normalized spacial score (nSPS) is 15.6. The predicted molar refractivity (Wildman–Crippen MR) is 129 cm³/mol. The van der Waals surface area contributed by atoms with Gasteiger partial charge in [0, 0.05) is 22.2 Å². The number of aromatic nitrogens is 1. The monoisotopic (exact) mass is 543 g/mol. The molecule has 1 aliphatic heterocycles. The highest BCUT2D eigenvalue weighted by molar-refractivity contribution is 9.10. The third kappa shape index (κ3) is 4.31. The van der Waals surface area contributed by atoms with Gasteiger partial charge in [-0.15, -0.1) is 0 Å². The molecule has 2 aromatic carbocycles. The Morgan fingerprint density at radius 1 is 1.32 bits per heavy atom. The molecular formula is C23H18BrN3O6S. The summed E-state index contributed by atoms with van der Waals surface area (Å²) in [5.74, 6) is -0.772. The van der Waals surface area contributed by atoms with Gasteiger partial charge in [-0.05, 0) is 43.7 Å². The van der Waals surface area contributed by atoms with Crippen LogP contribution in [-0.2, 0) is 9.53 Å². The molecule has 0 amide bonds. The lowest BCUT2D eigenvalue weighted by Crippen LogP contribution is -2.39. The summed E-state index contributed by atoms with van der Waals surface area (Å²) in [6.07, 6.45) is 1.38. The fourth-order valence-electron chi connectivity index (χ4n) is 3.66. The third-order valence-electron chi connectivity index (χ3n) is 5.21. The number of carbonyl (C=O) groups excluding carboxylic acids is 1. The van der Waals surface area contributed by atoms with Crippen molar-refractivity contribution in [3.63, 3.8) is 0 Å². The van der Waals surface area contributed by atoms with Crippen molar-refractivity contribution in [1.82, 2.24) is 4.57 Å². The minimum Gasteiger partial charge on any atom is -0.507 e. The molecule has 0 bridgehead atoms. The summed E-state index contributed by atoms with van der Waals surface area (Å²) in [4.78, 5) is 41.8. The summed E-state index contributed by atoms with van der Waals surface area (Å²) >= 11 is 4.46. The Labute approximate surface area is 205 Å². The molecule has 3 aromatic rings. The van der Waals surface area contributed by atoms with E-state index in [0.717, 1.165) is 15.8 Å². The molecule has 11 heteroatoms. The van der Waals surface area contributed by atoms with Crippen LogP contribution >= 0.6 is 27.3 Å². The molecule has 9 nitrogen and oxygen atoms in total. The number of thiazole rings is 1. The van der Waals surface area contributed by atoms with Gasteiger partial charge < -0.3 is 9.84 Å². The number of phenols is 1. The summed E-state index contributed by atoms with van der Waals surface area (Å²) in [5.41, 5.74) is 0.827. The van der Waals surface area contributed by atoms with Crippen LogP contribution in [0.1, 0.15) is 31.0 Å². The molecule has 0 fully saturated rings. The van der Waals surface area contributed by atoms with Gasteiger partial charge in [0.15, 0.2) is 4.80 Å². The van der Waals surface area contributed by atoms with Crippen molar-refractivity contribution in [3.05, 3.63) is 99.1 Å². The van der Waals surface area contributed by atoms with E-state index >= 15 is 0 Å². The van der Waals surface area contributed by atoms with Crippen molar-refractivity contribution in [2.45, 2.75) is 19.9 Å². The summed E-state index contributed by atoms with van der Waals surface area (Å²) < 4.78 is 7.70. The Bertz CT molecular complexity index is 1520. The number of ether oxygens (including phenoxy) is 1. The summed E-state index contributed by atoms with van der Waals surface area (Å²) in [6, 6.07) is 10.0. The lowest BCUT2D eigenvalue weighted by Gasteiger charge is -2.24. The number of allylic oxidation sites excluding steroid dienone is 1. The number of benzene rings is 2. The zero-order valence-electron chi connectivity index (χ0n) is 18.0. The molecule has 1 atom stereocenters. The van der Waals surface area contributed by atoms with Gasteiger partial charge in [0.25, 0.3) is 11.2 Å². The molecule has 4 rings (SSSR count). The Hall–Kier alpha value is -3.57. The maximum absolute atomic E-state index is 13.5. The molecule has 0 aliphatic carbocycles. The molecule has 1 N–H and O–H groups in total. The number of aromatic hydroxyl groups is 1. The molecular weight excluding hydrogens is 526 g/mol. The van der Waals surface area contributed by atoms with Crippen molar-refractivity contribution in [3.8, 4) is 5.75 Å². The van der Waals surface area contributed by atoms with Gasteiger partial charge >= 0.3 is 5.97 Å². The number of halogens is 1. The molecule has 1 unspecified atom stereocenters. The molecule has 34 heavy (non-hydrogen) atoms. The highest BCUT2D eigenvalue weighted by Gasteiger charge is 2.33. The lowest BCUT2D eigenvalue weighted by atomic mass is 9.96. The first kappa shape index (κ1) is 23.6. The number of fused-ring (bicyclic) bond motifs is 1. The Kier molecular flexibility index (Phi) is 6.49. The number of carbonyl (C=O) groups is 1. The topological polar surface area (TPSA) is 124 Å². The molecule has 174 valence electrons. The Morgan fingerprint density at radius 3 is 2.68 bits per heavy atom. The van der Waals surface area contributed by atoms with Crippen molar-refractivity contribution in [2.24, 2.45) is 4.99 Å².